The minimum absolute atomic E-state index is 0.232. The molecule has 128 valence electrons. The van der Waals surface area contributed by atoms with Crippen LogP contribution in [0.3, 0.4) is 0 Å². The van der Waals surface area contributed by atoms with E-state index in [0.29, 0.717) is 23.5 Å². The molecule has 0 unspecified atom stereocenters. The Hall–Kier alpha value is -2.63. The predicted molar refractivity (Wildman–Crippen MR) is 91.6 cm³/mol. The molecule has 6 nitrogen and oxygen atoms in total. The minimum Gasteiger partial charge on any atom is -0.478 e. The molecular weight excluding hydrogens is 306 g/mol. The van der Waals surface area contributed by atoms with Gasteiger partial charge in [0.2, 0.25) is 5.88 Å². The Kier molecular flexibility index (Phi) is 6.54. The van der Waals surface area contributed by atoms with Crippen molar-refractivity contribution in [3.63, 3.8) is 0 Å². The molecule has 0 saturated heterocycles. The maximum atomic E-state index is 11.9. The Morgan fingerprint density at radius 3 is 2.71 bits per heavy atom. The number of H-pyrrole nitrogens is 1. The van der Waals surface area contributed by atoms with Crippen molar-refractivity contribution < 1.29 is 14.3 Å². The molecule has 0 atom stereocenters. The zero-order valence-electron chi connectivity index (χ0n) is 14.3. The molecule has 24 heavy (non-hydrogen) atoms. The molecule has 2 rings (SSSR count). The number of ether oxygens (including phenoxy) is 2. The van der Waals surface area contributed by atoms with Gasteiger partial charge in [0.25, 0.3) is 0 Å². The van der Waals surface area contributed by atoms with Crippen molar-refractivity contribution in [2.75, 3.05) is 6.61 Å². The fraction of sp³-hybridized carbons (Fsp3) is 0.389. The third kappa shape index (κ3) is 5.22. The number of aromatic nitrogens is 2. The molecule has 1 aromatic heterocycles. The van der Waals surface area contributed by atoms with Crippen LogP contribution in [0.1, 0.15) is 33.6 Å². The standard InChI is InChI=1S/C18H23N3O3/c1-4-5-11-23-16-12-15(19-18(22)24-13(2)3)17(21-20-16)14-9-7-6-8-10-14/h6-10,12-13H,4-5,11H2,1-3H3,(H,19,20,22). The first kappa shape index (κ1) is 17.7. The Labute approximate surface area is 141 Å². The highest BCUT2D eigenvalue weighted by Gasteiger charge is 2.09. The van der Waals surface area contributed by atoms with Gasteiger partial charge in [-0.2, -0.15) is 10.1 Å². The van der Waals surface area contributed by atoms with Crippen molar-refractivity contribution in [1.82, 2.24) is 10.2 Å². The minimum atomic E-state index is -0.644. The lowest BCUT2D eigenvalue weighted by Crippen LogP contribution is -2.16. The normalized spacial score (nSPS) is 11.6. The Morgan fingerprint density at radius 2 is 2.04 bits per heavy atom. The summed E-state index contributed by atoms with van der Waals surface area (Å²) >= 11 is 0. The SMILES string of the molecule is CCCCOc1cc(=NC(=O)OC(C)C)c(-c2ccccc2)n[nH]1. The maximum Gasteiger partial charge on any atom is 0.434 e. The number of hydrogen-bond acceptors (Lipinski definition) is 4. The third-order valence-corrected chi connectivity index (χ3v) is 3.14. The quantitative estimate of drug-likeness (QED) is 0.820. The molecule has 0 fully saturated rings. The van der Waals surface area contributed by atoms with Gasteiger partial charge in [0, 0.05) is 11.6 Å². The molecule has 0 spiro atoms. The van der Waals surface area contributed by atoms with Crippen LogP contribution in [0, 0.1) is 0 Å². The van der Waals surface area contributed by atoms with Crippen molar-refractivity contribution >= 4 is 6.09 Å². The lowest BCUT2D eigenvalue weighted by Gasteiger charge is -2.08. The van der Waals surface area contributed by atoms with Crippen LogP contribution in [0.25, 0.3) is 11.3 Å². The smallest absolute Gasteiger partial charge is 0.434 e. The number of carbonyl (C=O) groups excluding carboxylic acids is 1. The maximum absolute atomic E-state index is 11.9. The average Bonchev–Trinajstić information content (AvgIpc) is 2.55. The number of amides is 1. The van der Waals surface area contributed by atoms with E-state index >= 15 is 0 Å². The second-order valence-corrected chi connectivity index (χ2v) is 5.58. The van der Waals surface area contributed by atoms with Gasteiger partial charge in [0.1, 0.15) is 11.1 Å². The average molecular weight is 329 g/mol. The van der Waals surface area contributed by atoms with Crippen LogP contribution in [0.15, 0.2) is 41.4 Å². The van der Waals surface area contributed by atoms with E-state index in [2.05, 4.69) is 22.1 Å². The van der Waals surface area contributed by atoms with E-state index < -0.39 is 6.09 Å². The highest BCUT2D eigenvalue weighted by molar-refractivity contribution is 5.70. The van der Waals surface area contributed by atoms with Gasteiger partial charge in [-0.1, -0.05) is 43.7 Å². The molecule has 6 heteroatoms. The second kappa shape index (κ2) is 8.86. The van der Waals surface area contributed by atoms with Gasteiger partial charge in [-0.25, -0.2) is 9.89 Å². The summed E-state index contributed by atoms with van der Waals surface area (Å²) < 4.78 is 10.7. The summed E-state index contributed by atoms with van der Waals surface area (Å²) in [6.45, 7) is 6.23. The van der Waals surface area contributed by atoms with E-state index in [1.54, 1.807) is 19.9 Å². The zero-order valence-corrected chi connectivity index (χ0v) is 14.3. The van der Waals surface area contributed by atoms with Crippen LogP contribution in [0.4, 0.5) is 4.79 Å². The van der Waals surface area contributed by atoms with Gasteiger partial charge < -0.3 is 9.47 Å². The molecule has 0 aliphatic carbocycles. The third-order valence-electron chi connectivity index (χ3n) is 3.14. The first-order valence-corrected chi connectivity index (χ1v) is 8.13. The number of carbonyl (C=O) groups is 1. The summed E-state index contributed by atoms with van der Waals surface area (Å²) in [5, 5.41) is 7.59. The van der Waals surface area contributed by atoms with Crippen molar-refractivity contribution in [3.05, 3.63) is 41.8 Å². The van der Waals surface area contributed by atoms with Gasteiger partial charge in [0.15, 0.2) is 0 Å². The number of rotatable bonds is 6. The van der Waals surface area contributed by atoms with Gasteiger partial charge in [0.05, 0.1) is 12.7 Å². The van der Waals surface area contributed by atoms with Crippen LogP contribution >= 0.6 is 0 Å². The molecule has 2 aromatic rings. The van der Waals surface area contributed by atoms with E-state index in [-0.39, 0.29) is 6.10 Å². The number of aromatic amines is 1. The second-order valence-electron chi connectivity index (χ2n) is 5.58. The number of benzene rings is 1. The first-order chi connectivity index (χ1) is 11.6. The van der Waals surface area contributed by atoms with Crippen LogP contribution in [0.5, 0.6) is 5.88 Å². The number of nitrogens with zero attached hydrogens (tertiary/aromatic N) is 2. The van der Waals surface area contributed by atoms with Crippen molar-refractivity contribution in [1.29, 1.82) is 0 Å². The summed E-state index contributed by atoms with van der Waals surface area (Å²) in [7, 11) is 0. The summed E-state index contributed by atoms with van der Waals surface area (Å²) in [4.78, 5) is 16.0. The molecule has 1 N–H and O–H groups in total. The van der Waals surface area contributed by atoms with E-state index in [1.165, 1.54) is 0 Å². The Balaban J connectivity index is 2.39. The molecule has 0 aliphatic heterocycles. The van der Waals surface area contributed by atoms with Crippen LogP contribution in [0.2, 0.25) is 0 Å². The van der Waals surface area contributed by atoms with Crippen LogP contribution < -0.4 is 10.1 Å². The van der Waals surface area contributed by atoms with E-state index in [1.807, 2.05) is 30.3 Å². The zero-order chi connectivity index (χ0) is 17.4. The highest BCUT2D eigenvalue weighted by atomic mass is 16.6. The topological polar surface area (TPSA) is 76.6 Å². The largest absolute Gasteiger partial charge is 0.478 e. The monoisotopic (exact) mass is 329 g/mol. The molecule has 0 bridgehead atoms. The molecule has 0 saturated carbocycles. The van der Waals surface area contributed by atoms with E-state index in [9.17, 15) is 4.79 Å². The fourth-order valence-electron chi connectivity index (χ4n) is 2.01. The molecule has 0 radical (unpaired) electrons. The first-order valence-electron chi connectivity index (χ1n) is 8.13. The van der Waals surface area contributed by atoms with Crippen LogP contribution in [-0.2, 0) is 4.74 Å². The molecule has 1 aromatic carbocycles. The van der Waals surface area contributed by atoms with Crippen molar-refractivity contribution in [2.45, 2.75) is 39.7 Å². The molecule has 0 aliphatic rings. The fourth-order valence-corrected chi connectivity index (χ4v) is 2.01. The van der Waals surface area contributed by atoms with Gasteiger partial charge >= 0.3 is 6.09 Å². The number of nitrogens with one attached hydrogen (secondary N) is 1. The number of unbranched alkanes of at least 4 members (excludes halogenated alkanes) is 1. The van der Waals surface area contributed by atoms with Crippen LogP contribution in [-0.4, -0.2) is 29.0 Å². The predicted octanol–water partition coefficient (Wildman–Crippen LogP) is 3.70. The molecule has 1 heterocycles. The molecule has 1 amide bonds. The summed E-state index contributed by atoms with van der Waals surface area (Å²) in [5.41, 5.74) is 1.42. The van der Waals surface area contributed by atoms with Crippen molar-refractivity contribution in [2.24, 2.45) is 4.99 Å². The van der Waals surface area contributed by atoms with Gasteiger partial charge in [-0.3, -0.25) is 0 Å². The van der Waals surface area contributed by atoms with E-state index in [0.717, 1.165) is 18.4 Å². The summed E-state index contributed by atoms with van der Waals surface area (Å²) in [5.74, 6) is 0.472. The van der Waals surface area contributed by atoms with E-state index in [4.69, 9.17) is 9.47 Å². The highest BCUT2D eigenvalue weighted by Crippen LogP contribution is 2.13. The lowest BCUT2D eigenvalue weighted by molar-refractivity contribution is 0.125. The van der Waals surface area contributed by atoms with Gasteiger partial charge in [-0.15, -0.1) is 0 Å². The summed E-state index contributed by atoms with van der Waals surface area (Å²) in [6.07, 6.45) is 1.10. The van der Waals surface area contributed by atoms with Crippen molar-refractivity contribution in [3.8, 4) is 17.1 Å². The summed E-state index contributed by atoms with van der Waals surface area (Å²) in [6, 6.07) is 11.2. The Bertz CT molecular complexity index is 724. The molecular formula is C18H23N3O3. The Morgan fingerprint density at radius 1 is 1.29 bits per heavy atom. The van der Waals surface area contributed by atoms with Gasteiger partial charge in [-0.05, 0) is 20.3 Å². The number of hydrogen-bond donors (Lipinski definition) is 1. The lowest BCUT2D eigenvalue weighted by atomic mass is 10.1.